The topological polar surface area (TPSA) is 29.1 Å². The molecule has 0 fully saturated rings. The number of carbonyl (C=O) groups excluding carboxylic acids is 1. The molecule has 2 aromatic rings. The van der Waals surface area contributed by atoms with Crippen LogP contribution < -0.4 is 5.32 Å². The first-order valence-electron chi connectivity index (χ1n) is 5.71. The fourth-order valence-corrected chi connectivity index (χ4v) is 2.46. The number of nitrogens with one attached hydrogen (secondary N) is 1. The third kappa shape index (κ3) is 3.86. The Morgan fingerprint density at radius 1 is 1.17 bits per heavy atom. The second-order valence-corrected chi connectivity index (χ2v) is 5.28. The molecule has 1 N–H and O–H groups in total. The van der Waals surface area contributed by atoms with Crippen molar-refractivity contribution in [1.29, 1.82) is 0 Å². The third-order valence-corrected chi connectivity index (χ3v) is 3.77. The van der Waals surface area contributed by atoms with Crippen molar-refractivity contribution in [2.24, 2.45) is 0 Å². The van der Waals surface area contributed by atoms with Crippen LogP contribution in [0.1, 0.15) is 16.0 Å². The molecule has 1 aromatic heterocycles. The van der Waals surface area contributed by atoms with Crippen LogP contribution in [0.4, 0.5) is 0 Å². The molecule has 4 heteroatoms. The number of hydrogen-bond donors (Lipinski definition) is 1. The molecule has 0 aliphatic carbocycles. The number of alkyl halides is 1. The van der Waals surface area contributed by atoms with Crippen LogP contribution >= 0.6 is 22.9 Å². The van der Waals surface area contributed by atoms with Gasteiger partial charge in [-0.2, -0.15) is 0 Å². The Hall–Kier alpha value is -1.32. The van der Waals surface area contributed by atoms with Crippen molar-refractivity contribution in [2.45, 2.75) is 18.8 Å². The lowest BCUT2D eigenvalue weighted by molar-refractivity contribution is -0.120. The predicted molar refractivity (Wildman–Crippen MR) is 75.9 cm³/mol. The second kappa shape index (κ2) is 6.57. The van der Waals surface area contributed by atoms with E-state index in [9.17, 15) is 4.79 Å². The Bertz CT molecular complexity index is 493. The van der Waals surface area contributed by atoms with Crippen LogP contribution in [0.5, 0.6) is 0 Å². The van der Waals surface area contributed by atoms with Crippen LogP contribution in [0.3, 0.4) is 0 Å². The Balaban J connectivity index is 1.81. The van der Waals surface area contributed by atoms with Crippen LogP contribution in [0.15, 0.2) is 41.8 Å². The highest BCUT2D eigenvalue weighted by molar-refractivity contribution is 7.10. The average Bonchev–Trinajstić information content (AvgIpc) is 2.90. The summed E-state index contributed by atoms with van der Waals surface area (Å²) >= 11 is 7.32. The van der Waals surface area contributed by atoms with Crippen LogP contribution in [-0.2, 0) is 23.6 Å². The van der Waals surface area contributed by atoms with Crippen molar-refractivity contribution in [2.75, 3.05) is 0 Å². The van der Waals surface area contributed by atoms with Gasteiger partial charge in [-0.15, -0.1) is 22.9 Å². The average molecular weight is 280 g/mol. The van der Waals surface area contributed by atoms with Gasteiger partial charge in [0, 0.05) is 17.3 Å². The molecule has 0 atom stereocenters. The quantitative estimate of drug-likeness (QED) is 0.836. The summed E-state index contributed by atoms with van der Waals surface area (Å²) < 4.78 is 0. The van der Waals surface area contributed by atoms with Crippen molar-refractivity contribution >= 4 is 28.8 Å². The maximum absolute atomic E-state index is 11.7. The first kappa shape index (κ1) is 13.1. The van der Waals surface area contributed by atoms with E-state index in [0.29, 0.717) is 18.8 Å². The SMILES string of the molecule is O=C(Cc1cccs1)NCc1ccc(CCl)cc1. The highest BCUT2D eigenvalue weighted by Crippen LogP contribution is 2.09. The van der Waals surface area contributed by atoms with E-state index in [1.807, 2.05) is 41.8 Å². The van der Waals surface area contributed by atoms with Crippen molar-refractivity contribution in [3.8, 4) is 0 Å². The lowest BCUT2D eigenvalue weighted by atomic mass is 10.1. The molecule has 1 amide bonds. The monoisotopic (exact) mass is 279 g/mol. The van der Waals surface area contributed by atoms with Gasteiger partial charge in [0.2, 0.25) is 5.91 Å². The van der Waals surface area contributed by atoms with Crippen LogP contribution in [0.2, 0.25) is 0 Å². The molecule has 2 nitrogen and oxygen atoms in total. The number of hydrogen-bond acceptors (Lipinski definition) is 2. The van der Waals surface area contributed by atoms with Gasteiger partial charge in [0.15, 0.2) is 0 Å². The van der Waals surface area contributed by atoms with Crippen LogP contribution in [0, 0.1) is 0 Å². The number of benzene rings is 1. The van der Waals surface area contributed by atoms with Gasteiger partial charge in [0.1, 0.15) is 0 Å². The van der Waals surface area contributed by atoms with E-state index < -0.39 is 0 Å². The molecule has 0 bridgehead atoms. The molecule has 0 saturated heterocycles. The van der Waals surface area contributed by atoms with Crippen LogP contribution in [-0.4, -0.2) is 5.91 Å². The summed E-state index contributed by atoms with van der Waals surface area (Å²) in [5.41, 5.74) is 2.17. The summed E-state index contributed by atoms with van der Waals surface area (Å²) in [5.74, 6) is 0.573. The second-order valence-electron chi connectivity index (χ2n) is 3.98. The van der Waals surface area contributed by atoms with Gasteiger partial charge in [-0.05, 0) is 22.6 Å². The molecule has 94 valence electrons. The molecular formula is C14H14ClNOS. The molecule has 0 saturated carbocycles. The minimum atomic E-state index is 0.0545. The Labute approximate surface area is 116 Å². The van der Waals surface area contributed by atoms with Crippen molar-refractivity contribution in [3.05, 3.63) is 57.8 Å². The predicted octanol–water partition coefficient (Wildman–Crippen LogP) is 3.35. The summed E-state index contributed by atoms with van der Waals surface area (Å²) in [6, 6.07) is 11.9. The smallest absolute Gasteiger partial charge is 0.225 e. The number of carbonyl (C=O) groups is 1. The zero-order valence-corrected chi connectivity index (χ0v) is 11.4. The molecular weight excluding hydrogens is 266 g/mol. The van der Waals surface area contributed by atoms with E-state index in [4.69, 9.17) is 11.6 Å². The van der Waals surface area contributed by atoms with Crippen molar-refractivity contribution < 1.29 is 4.79 Å². The van der Waals surface area contributed by atoms with Gasteiger partial charge < -0.3 is 5.32 Å². The molecule has 0 aliphatic heterocycles. The first-order valence-corrected chi connectivity index (χ1v) is 7.12. The van der Waals surface area contributed by atoms with Crippen LogP contribution in [0.25, 0.3) is 0 Å². The van der Waals surface area contributed by atoms with E-state index >= 15 is 0 Å². The summed E-state index contributed by atoms with van der Waals surface area (Å²) in [4.78, 5) is 12.8. The maximum atomic E-state index is 11.7. The number of thiophene rings is 1. The standard InChI is InChI=1S/C14H14ClNOS/c15-9-11-3-5-12(6-4-11)10-16-14(17)8-13-2-1-7-18-13/h1-7H,8-10H2,(H,16,17). The van der Waals surface area contributed by atoms with Gasteiger partial charge in [-0.3, -0.25) is 4.79 Å². The van der Waals surface area contributed by atoms with Gasteiger partial charge >= 0.3 is 0 Å². The molecule has 0 aliphatic rings. The minimum Gasteiger partial charge on any atom is -0.352 e. The summed E-state index contributed by atoms with van der Waals surface area (Å²) in [6.07, 6.45) is 0.456. The zero-order valence-electron chi connectivity index (χ0n) is 9.86. The molecule has 0 radical (unpaired) electrons. The number of rotatable bonds is 5. The normalized spacial score (nSPS) is 10.3. The molecule has 18 heavy (non-hydrogen) atoms. The van der Waals surface area contributed by atoms with E-state index in [2.05, 4.69) is 5.32 Å². The Morgan fingerprint density at radius 2 is 1.89 bits per heavy atom. The maximum Gasteiger partial charge on any atom is 0.225 e. The van der Waals surface area contributed by atoms with E-state index in [0.717, 1.165) is 16.0 Å². The van der Waals surface area contributed by atoms with E-state index in [-0.39, 0.29) is 5.91 Å². The van der Waals surface area contributed by atoms with Crippen molar-refractivity contribution in [1.82, 2.24) is 5.32 Å². The highest BCUT2D eigenvalue weighted by Gasteiger charge is 2.03. The van der Waals surface area contributed by atoms with E-state index in [1.165, 1.54) is 0 Å². The Morgan fingerprint density at radius 3 is 2.50 bits per heavy atom. The number of halogens is 1. The third-order valence-electron chi connectivity index (χ3n) is 2.58. The largest absolute Gasteiger partial charge is 0.352 e. The molecule has 0 unspecified atom stereocenters. The highest BCUT2D eigenvalue weighted by atomic mass is 35.5. The van der Waals surface area contributed by atoms with Gasteiger partial charge in [-0.1, -0.05) is 30.3 Å². The zero-order chi connectivity index (χ0) is 12.8. The molecule has 2 rings (SSSR count). The summed E-state index contributed by atoms with van der Waals surface area (Å²) in [7, 11) is 0. The van der Waals surface area contributed by atoms with Gasteiger partial charge in [0.25, 0.3) is 0 Å². The number of amides is 1. The molecule has 0 spiro atoms. The minimum absolute atomic E-state index is 0.0545. The summed E-state index contributed by atoms with van der Waals surface area (Å²) in [5, 5.41) is 4.89. The molecule has 1 heterocycles. The Kier molecular flexibility index (Phi) is 4.79. The first-order chi connectivity index (χ1) is 8.78. The van der Waals surface area contributed by atoms with Gasteiger partial charge in [0.05, 0.1) is 6.42 Å². The lowest BCUT2D eigenvalue weighted by Crippen LogP contribution is -2.24. The summed E-state index contributed by atoms with van der Waals surface area (Å²) in [6.45, 7) is 0.562. The fraction of sp³-hybridized carbons (Fsp3) is 0.214. The van der Waals surface area contributed by atoms with Gasteiger partial charge in [-0.25, -0.2) is 0 Å². The van der Waals surface area contributed by atoms with E-state index in [1.54, 1.807) is 11.3 Å². The lowest BCUT2D eigenvalue weighted by Gasteiger charge is -2.05. The van der Waals surface area contributed by atoms with Crippen molar-refractivity contribution in [3.63, 3.8) is 0 Å². The molecule has 1 aromatic carbocycles. The fourth-order valence-electron chi connectivity index (χ4n) is 1.58.